The fraction of sp³-hybridized carbons (Fsp3) is 0. The fourth-order valence-corrected chi connectivity index (χ4v) is 1.44. The highest BCUT2D eigenvalue weighted by Crippen LogP contribution is 2.21. The van der Waals surface area contributed by atoms with Crippen LogP contribution in [0.4, 0.5) is 15.8 Å². The van der Waals surface area contributed by atoms with E-state index in [1.54, 1.807) is 12.1 Å². The molecule has 2 rings (SSSR count). The fourth-order valence-electron chi connectivity index (χ4n) is 1.44. The molecule has 0 atom stereocenters. The Morgan fingerprint density at radius 1 is 1.11 bits per heavy atom. The van der Waals surface area contributed by atoms with E-state index in [4.69, 9.17) is 10.5 Å². The molecule has 1 aromatic heterocycles. The van der Waals surface area contributed by atoms with Crippen LogP contribution in [0.15, 0.2) is 36.7 Å². The Labute approximate surface area is 103 Å². The molecule has 0 spiro atoms. The summed E-state index contributed by atoms with van der Waals surface area (Å²) in [7, 11) is 0. The van der Waals surface area contributed by atoms with E-state index in [1.165, 1.54) is 30.6 Å². The molecule has 0 amide bonds. The van der Waals surface area contributed by atoms with Crippen molar-refractivity contribution >= 4 is 11.4 Å². The summed E-state index contributed by atoms with van der Waals surface area (Å²) in [5, 5.41) is 20.6. The summed E-state index contributed by atoms with van der Waals surface area (Å²) in [6.45, 7) is 0. The monoisotopic (exact) mass is 238 g/mol. The molecule has 5 heteroatoms. The number of aromatic nitrogens is 1. The van der Waals surface area contributed by atoms with Gasteiger partial charge in [-0.25, -0.2) is 4.39 Å². The van der Waals surface area contributed by atoms with E-state index in [0.29, 0.717) is 16.9 Å². The molecule has 0 saturated carbocycles. The lowest BCUT2D eigenvalue weighted by Gasteiger charge is -2.07. The smallest absolute Gasteiger partial charge is 0.141 e. The predicted molar refractivity (Wildman–Crippen MR) is 63.3 cm³/mol. The SMILES string of the molecule is N#Cc1cc(Nc2cnccc2C#N)ccc1F. The van der Waals surface area contributed by atoms with Gasteiger partial charge in [0.25, 0.3) is 0 Å². The van der Waals surface area contributed by atoms with Gasteiger partial charge in [-0.1, -0.05) is 0 Å². The first-order chi connectivity index (χ1) is 8.74. The number of hydrogen-bond acceptors (Lipinski definition) is 4. The Bertz CT molecular complexity index is 667. The first-order valence-corrected chi connectivity index (χ1v) is 5.05. The average Bonchev–Trinajstić information content (AvgIpc) is 2.41. The molecule has 4 nitrogen and oxygen atoms in total. The number of pyridine rings is 1. The van der Waals surface area contributed by atoms with Crippen LogP contribution in [-0.2, 0) is 0 Å². The second kappa shape index (κ2) is 4.94. The second-order valence-corrected chi connectivity index (χ2v) is 3.46. The largest absolute Gasteiger partial charge is 0.353 e. The lowest BCUT2D eigenvalue weighted by atomic mass is 10.2. The number of anilines is 2. The van der Waals surface area contributed by atoms with Crippen molar-refractivity contribution in [1.29, 1.82) is 10.5 Å². The summed E-state index contributed by atoms with van der Waals surface area (Å²) in [5.74, 6) is -0.574. The van der Waals surface area contributed by atoms with Crippen LogP contribution in [0, 0.1) is 28.5 Å². The number of nitrogens with zero attached hydrogens (tertiary/aromatic N) is 3. The summed E-state index contributed by atoms with van der Waals surface area (Å²) < 4.78 is 13.1. The second-order valence-electron chi connectivity index (χ2n) is 3.46. The molecule has 0 unspecified atom stereocenters. The van der Waals surface area contributed by atoms with E-state index in [2.05, 4.69) is 10.3 Å². The van der Waals surface area contributed by atoms with Crippen LogP contribution in [0.25, 0.3) is 0 Å². The Hall–Kier alpha value is -2.92. The van der Waals surface area contributed by atoms with E-state index in [1.807, 2.05) is 6.07 Å². The van der Waals surface area contributed by atoms with Crippen LogP contribution < -0.4 is 5.32 Å². The maximum atomic E-state index is 13.1. The van der Waals surface area contributed by atoms with Crippen molar-refractivity contribution in [3.05, 3.63) is 53.6 Å². The molecule has 0 bridgehead atoms. The number of hydrogen-bond donors (Lipinski definition) is 1. The third kappa shape index (κ3) is 2.26. The standard InChI is InChI=1S/C13H7FN4/c14-12-2-1-11(5-10(12)7-16)18-13-8-17-4-3-9(13)6-15/h1-5,8,18H. The Balaban J connectivity index is 2.36. The minimum Gasteiger partial charge on any atom is -0.353 e. The molecule has 0 aliphatic heterocycles. The number of nitrogens with one attached hydrogen (secondary N) is 1. The summed E-state index contributed by atoms with van der Waals surface area (Å²) in [6.07, 6.45) is 3.00. The third-order valence-electron chi connectivity index (χ3n) is 2.31. The zero-order valence-corrected chi connectivity index (χ0v) is 9.18. The van der Waals surface area contributed by atoms with Crippen LogP contribution in [-0.4, -0.2) is 4.98 Å². The molecular formula is C13H7FN4. The molecule has 0 aliphatic carbocycles. The number of benzene rings is 1. The van der Waals surface area contributed by atoms with Gasteiger partial charge in [0.2, 0.25) is 0 Å². The molecule has 86 valence electrons. The van der Waals surface area contributed by atoms with Gasteiger partial charge in [-0.3, -0.25) is 4.98 Å². The molecule has 1 N–H and O–H groups in total. The van der Waals surface area contributed by atoms with Gasteiger partial charge in [0.1, 0.15) is 18.0 Å². The van der Waals surface area contributed by atoms with Gasteiger partial charge in [-0.05, 0) is 24.3 Å². The zero-order chi connectivity index (χ0) is 13.0. The topological polar surface area (TPSA) is 72.5 Å². The Morgan fingerprint density at radius 3 is 2.61 bits per heavy atom. The van der Waals surface area contributed by atoms with Crippen LogP contribution >= 0.6 is 0 Å². The van der Waals surface area contributed by atoms with Crippen molar-refractivity contribution in [2.75, 3.05) is 5.32 Å². The minimum atomic E-state index is -0.574. The molecule has 0 fully saturated rings. The first-order valence-electron chi connectivity index (χ1n) is 5.05. The number of rotatable bonds is 2. The third-order valence-corrected chi connectivity index (χ3v) is 2.31. The van der Waals surface area contributed by atoms with Gasteiger partial charge < -0.3 is 5.32 Å². The van der Waals surface area contributed by atoms with E-state index in [-0.39, 0.29) is 5.56 Å². The molecule has 0 saturated heterocycles. The van der Waals surface area contributed by atoms with E-state index < -0.39 is 5.82 Å². The molecule has 2 aromatic rings. The van der Waals surface area contributed by atoms with Gasteiger partial charge in [0.05, 0.1) is 23.0 Å². The van der Waals surface area contributed by atoms with Crippen LogP contribution in [0.5, 0.6) is 0 Å². The average molecular weight is 238 g/mol. The quantitative estimate of drug-likeness (QED) is 0.872. The molecular weight excluding hydrogens is 231 g/mol. The van der Waals surface area contributed by atoms with Crippen LogP contribution in [0.3, 0.4) is 0 Å². The Kier molecular flexibility index (Phi) is 3.17. The van der Waals surface area contributed by atoms with Crippen molar-refractivity contribution in [2.24, 2.45) is 0 Å². The first kappa shape index (κ1) is 11.6. The normalized spacial score (nSPS) is 9.28. The van der Waals surface area contributed by atoms with Gasteiger partial charge in [0, 0.05) is 11.9 Å². The molecule has 1 aromatic carbocycles. The van der Waals surface area contributed by atoms with E-state index in [9.17, 15) is 4.39 Å². The highest BCUT2D eigenvalue weighted by molar-refractivity contribution is 5.66. The highest BCUT2D eigenvalue weighted by atomic mass is 19.1. The highest BCUT2D eigenvalue weighted by Gasteiger charge is 2.05. The van der Waals surface area contributed by atoms with Crippen LogP contribution in [0.1, 0.15) is 11.1 Å². The lowest BCUT2D eigenvalue weighted by Crippen LogP contribution is -1.95. The number of nitriles is 2. The predicted octanol–water partition coefficient (Wildman–Crippen LogP) is 2.71. The maximum absolute atomic E-state index is 13.1. The van der Waals surface area contributed by atoms with Crippen molar-refractivity contribution in [3.63, 3.8) is 0 Å². The minimum absolute atomic E-state index is 0.0533. The van der Waals surface area contributed by atoms with Gasteiger partial charge in [-0.15, -0.1) is 0 Å². The van der Waals surface area contributed by atoms with E-state index >= 15 is 0 Å². The molecule has 18 heavy (non-hydrogen) atoms. The van der Waals surface area contributed by atoms with Crippen LogP contribution in [0.2, 0.25) is 0 Å². The summed E-state index contributed by atoms with van der Waals surface area (Å²) in [6, 6.07) is 9.40. The molecule has 1 heterocycles. The van der Waals surface area contributed by atoms with Crippen molar-refractivity contribution in [3.8, 4) is 12.1 Å². The van der Waals surface area contributed by atoms with Crippen molar-refractivity contribution in [2.45, 2.75) is 0 Å². The van der Waals surface area contributed by atoms with Crippen molar-refractivity contribution < 1.29 is 4.39 Å². The maximum Gasteiger partial charge on any atom is 0.141 e. The summed E-state index contributed by atoms with van der Waals surface area (Å²) >= 11 is 0. The summed E-state index contributed by atoms with van der Waals surface area (Å²) in [5.41, 5.74) is 1.41. The zero-order valence-electron chi connectivity index (χ0n) is 9.18. The van der Waals surface area contributed by atoms with Gasteiger partial charge >= 0.3 is 0 Å². The van der Waals surface area contributed by atoms with Gasteiger partial charge in [-0.2, -0.15) is 10.5 Å². The molecule has 0 radical (unpaired) electrons. The summed E-state index contributed by atoms with van der Waals surface area (Å²) in [4.78, 5) is 3.90. The van der Waals surface area contributed by atoms with Gasteiger partial charge in [0.15, 0.2) is 0 Å². The van der Waals surface area contributed by atoms with E-state index in [0.717, 1.165) is 0 Å². The lowest BCUT2D eigenvalue weighted by molar-refractivity contribution is 0.624. The Morgan fingerprint density at radius 2 is 1.89 bits per heavy atom. The van der Waals surface area contributed by atoms with Crippen molar-refractivity contribution in [1.82, 2.24) is 4.98 Å². The number of halogens is 1. The molecule has 0 aliphatic rings.